The monoisotopic (exact) mass is 349 g/mol. The fourth-order valence-electron chi connectivity index (χ4n) is 2.76. The van der Waals surface area contributed by atoms with Crippen LogP contribution in [0.1, 0.15) is 28.5 Å². The Bertz CT molecular complexity index is 845. The summed E-state index contributed by atoms with van der Waals surface area (Å²) < 4.78 is 30.9. The molecule has 0 saturated heterocycles. The van der Waals surface area contributed by atoms with Gasteiger partial charge in [-0.25, -0.2) is 8.42 Å². The lowest BCUT2D eigenvalue weighted by atomic mass is 10.0. The number of fused-ring (bicyclic) bond motifs is 1. The van der Waals surface area contributed by atoms with Gasteiger partial charge in [0, 0.05) is 13.3 Å². The summed E-state index contributed by atoms with van der Waals surface area (Å²) >= 11 is 0. The summed E-state index contributed by atoms with van der Waals surface area (Å²) in [5.41, 5.74) is 0.938. The first-order valence-corrected chi connectivity index (χ1v) is 9.31. The van der Waals surface area contributed by atoms with Crippen molar-refractivity contribution in [3.63, 3.8) is 0 Å². The highest BCUT2D eigenvalue weighted by Gasteiger charge is 2.31. The van der Waals surface area contributed by atoms with Crippen molar-refractivity contribution in [1.82, 2.24) is 15.1 Å². The number of carbonyl (C=O) groups is 1. The normalized spacial score (nSPS) is 18.8. The zero-order valence-electron chi connectivity index (χ0n) is 13.3. The Morgan fingerprint density at radius 3 is 2.96 bits per heavy atom. The van der Waals surface area contributed by atoms with Crippen LogP contribution in [0.15, 0.2) is 41.4 Å². The molecule has 128 valence electrons. The molecule has 2 aromatic rings. The number of methoxy groups -OCH3 is 1. The molecule has 0 radical (unpaired) electrons. The van der Waals surface area contributed by atoms with Gasteiger partial charge in [-0.3, -0.25) is 9.48 Å². The van der Waals surface area contributed by atoms with E-state index < -0.39 is 9.84 Å². The predicted molar refractivity (Wildman–Crippen MR) is 87.4 cm³/mol. The number of nitrogens with zero attached hydrogens (tertiary/aromatic N) is 2. The van der Waals surface area contributed by atoms with Gasteiger partial charge in [-0.1, -0.05) is 18.2 Å². The molecular formula is C16H19N3O4S. The summed E-state index contributed by atoms with van der Waals surface area (Å²) in [4.78, 5) is 12.7. The van der Waals surface area contributed by atoms with Crippen LogP contribution in [0, 0.1) is 0 Å². The van der Waals surface area contributed by atoms with Crippen molar-refractivity contribution in [2.24, 2.45) is 0 Å². The van der Waals surface area contributed by atoms with E-state index in [1.165, 1.54) is 0 Å². The predicted octanol–water partition coefficient (Wildman–Crippen LogP) is 1.18. The SMILES string of the molecule is COCCn1ccc(C(=O)N[C@H]2CCS(=O)(=O)c3ccccc32)n1. The Morgan fingerprint density at radius 1 is 1.38 bits per heavy atom. The summed E-state index contributed by atoms with van der Waals surface area (Å²) in [5, 5.41) is 7.09. The molecule has 0 spiro atoms. The maximum atomic E-state index is 12.4. The highest BCUT2D eigenvalue weighted by atomic mass is 32.2. The highest BCUT2D eigenvalue weighted by molar-refractivity contribution is 7.91. The Labute approximate surface area is 140 Å². The van der Waals surface area contributed by atoms with E-state index in [0.29, 0.717) is 35.7 Å². The van der Waals surface area contributed by atoms with Gasteiger partial charge in [0.05, 0.1) is 29.8 Å². The van der Waals surface area contributed by atoms with Crippen LogP contribution in [0.4, 0.5) is 0 Å². The standard InChI is InChI=1S/C16H19N3O4S/c1-23-10-9-19-8-6-14(18-19)16(20)17-13-7-11-24(21,22)15-5-3-2-4-12(13)15/h2-6,8,13H,7,9-11H2,1H3,(H,17,20)/t13-/m0/s1. The molecule has 1 N–H and O–H groups in total. The summed E-state index contributed by atoms with van der Waals surface area (Å²) in [5.74, 6) is -0.290. The third-order valence-corrected chi connectivity index (χ3v) is 5.82. The van der Waals surface area contributed by atoms with E-state index in [-0.39, 0.29) is 17.7 Å². The second kappa shape index (κ2) is 6.74. The molecule has 1 aromatic heterocycles. The number of amides is 1. The van der Waals surface area contributed by atoms with Crippen molar-refractivity contribution in [2.45, 2.75) is 23.9 Å². The third-order valence-electron chi connectivity index (χ3n) is 4.01. The van der Waals surface area contributed by atoms with Crippen molar-refractivity contribution in [3.05, 3.63) is 47.8 Å². The molecule has 1 aromatic carbocycles. The van der Waals surface area contributed by atoms with Gasteiger partial charge in [0.15, 0.2) is 9.84 Å². The Balaban J connectivity index is 1.77. The van der Waals surface area contributed by atoms with E-state index in [1.54, 1.807) is 48.3 Å². The molecule has 0 bridgehead atoms. The van der Waals surface area contributed by atoms with Crippen LogP contribution in [-0.2, 0) is 21.1 Å². The van der Waals surface area contributed by atoms with Gasteiger partial charge in [-0.15, -0.1) is 0 Å². The van der Waals surface area contributed by atoms with Gasteiger partial charge in [0.1, 0.15) is 5.69 Å². The van der Waals surface area contributed by atoms with E-state index in [4.69, 9.17) is 4.74 Å². The quantitative estimate of drug-likeness (QED) is 0.875. The van der Waals surface area contributed by atoms with Crippen LogP contribution in [0.25, 0.3) is 0 Å². The summed E-state index contributed by atoms with van der Waals surface area (Å²) in [6, 6.07) is 8.10. The molecule has 24 heavy (non-hydrogen) atoms. The van der Waals surface area contributed by atoms with Crippen LogP contribution in [0.5, 0.6) is 0 Å². The Kier molecular flexibility index (Phi) is 4.68. The van der Waals surface area contributed by atoms with Gasteiger partial charge in [-0.2, -0.15) is 5.10 Å². The Hall–Kier alpha value is -2.19. The smallest absolute Gasteiger partial charge is 0.272 e. The number of rotatable bonds is 5. The van der Waals surface area contributed by atoms with E-state index in [1.807, 2.05) is 0 Å². The molecule has 1 aliphatic heterocycles. The minimum absolute atomic E-state index is 0.0250. The van der Waals surface area contributed by atoms with Crippen LogP contribution >= 0.6 is 0 Å². The minimum Gasteiger partial charge on any atom is -0.383 e. The van der Waals surface area contributed by atoms with Gasteiger partial charge in [0.25, 0.3) is 5.91 Å². The van der Waals surface area contributed by atoms with Crippen molar-refractivity contribution in [2.75, 3.05) is 19.5 Å². The molecule has 1 aliphatic rings. The van der Waals surface area contributed by atoms with E-state index in [2.05, 4.69) is 10.4 Å². The molecule has 8 heteroatoms. The largest absolute Gasteiger partial charge is 0.383 e. The molecule has 0 fully saturated rings. The van der Waals surface area contributed by atoms with Gasteiger partial charge >= 0.3 is 0 Å². The van der Waals surface area contributed by atoms with Gasteiger partial charge in [-0.05, 0) is 24.1 Å². The van der Waals surface area contributed by atoms with Crippen molar-refractivity contribution >= 4 is 15.7 Å². The third kappa shape index (κ3) is 3.34. The van der Waals surface area contributed by atoms with E-state index in [9.17, 15) is 13.2 Å². The number of hydrogen-bond acceptors (Lipinski definition) is 5. The van der Waals surface area contributed by atoms with Crippen LogP contribution < -0.4 is 5.32 Å². The second-order valence-electron chi connectivity index (χ2n) is 5.63. The maximum Gasteiger partial charge on any atom is 0.272 e. The lowest BCUT2D eigenvalue weighted by molar-refractivity contribution is 0.0928. The molecule has 0 aliphatic carbocycles. The number of aromatic nitrogens is 2. The lowest BCUT2D eigenvalue weighted by Gasteiger charge is -2.25. The minimum atomic E-state index is -3.27. The van der Waals surface area contributed by atoms with Gasteiger partial charge < -0.3 is 10.1 Å². The van der Waals surface area contributed by atoms with Crippen molar-refractivity contribution in [3.8, 4) is 0 Å². The first-order valence-electron chi connectivity index (χ1n) is 7.66. The topological polar surface area (TPSA) is 90.3 Å². The molecule has 3 rings (SSSR count). The summed E-state index contributed by atoms with van der Waals surface area (Å²) in [6.07, 6.45) is 2.07. The first kappa shape index (κ1) is 16.7. The number of hydrogen-bond donors (Lipinski definition) is 1. The van der Waals surface area contributed by atoms with Crippen molar-refractivity contribution in [1.29, 1.82) is 0 Å². The fourth-order valence-corrected chi connectivity index (χ4v) is 4.39. The first-order chi connectivity index (χ1) is 11.5. The van der Waals surface area contributed by atoms with Crippen molar-refractivity contribution < 1.29 is 17.9 Å². The Morgan fingerprint density at radius 2 is 2.17 bits per heavy atom. The molecule has 0 saturated carbocycles. The average Bonchev–Trinajstić information content (AvgIpc) is 3.05. The van der Waals surface area contributed by atoms with E-state index >= 15 is 0 Å². The van der Waals surface area contributed by atoms with E-state index in [0.717, 1.165) is 0 Å². The zero-order valence-corrected chi connectivity index (χ0v) is 14.1. The number of carbonyl (C=O) groups excluding carboxylic acids is 1. The zero-order chi connectivity index (χ0) is 17.2. The summed E-state index contributed by atoms with van der Waals surface area (Å²) in [6.45, 7) is 1.07. The molecule has 1 atom stereocenters. The number of nitrogens with one attached hydrogen (secondary N) is 1. The number of sulfone groups is 1. The van der Waals surface area contributed by atoms with Crippen LogP contribution in [-0.4, -0.2) is 43.6 Å². The molecule has 0 unspecified atom stereocenters. The maximum absolute atomic E-state index is 12.4. The molecule has 1 amide bonds. The van der Waals surface area contributed by atoms with Gasteiger partial charge in [0.2, 0.25) is 0 Å². The summed E-state index contributed by atoms with van der Waals surface area (Å²) in [7, 11) is -1.66. The average molecular weight is 349 g/mol. The highest BCUT2D eigenvalue weighted by Crippen LogP contribution is 2.31. The number of benzene rings is 1. The molecular weight excluding hydrogens is 330 g/mol. The molecule has 7 nitrogen and oxygen atoms in total. The molecule has 2 heterocycles. The lowest BCUT2D eigenvalue weighted by Crippen LogP contribution is -2.34. The fraction of sp³-hybridized carbons (Fsp3) is 0.375. The van der Waals surface area contributed by atoms with Crippen LogP contribution in [0.2, 0.25) is 0 Å². The number of ether oxygens (including phenoxy) is 1. The second-order valence-corrected chi connectivity index (χ2v) is 7.71. The van der Waals surface area contributed by atoms with Crippen LogP contribution in [0.3, 0.4) is 0 Å².